The van der Waals surface area contributed by atoms with E-state index in [1.165, 1.54) is 32.1 Å². The molecule has 0 unspecified atom stereocenters. The second-order valence-corrected chi connectivity index (χ2v) is 5.35. The minimum absolute atomic E-state index is 0.477. The normalized spacial score (nSPS) is 22.7. The summed E-state index contributed by atoms with van der Waals surface area (Å²) in [6, 6.07) is 8.98. The molecule has 0 amide bonds. The van der Waals surface area contributed by atoms with Crippen LogP contribution in [0.3, 0.4) is 0 Å². The van der Waals surface area contributed by atoms with Gasteiger partial charge in [0.25, 0.3) is 0 Å². The zero-order valence-corrected chi connectivity index (χ0v) is 9.21. The van der Waals surface area contributed by atoms with Crippen molar-refractivity contribution >= 4 is 0 Å². The lowest BCUT2D eigenvalue weighted by Gasteiger charge is -2.15. The van der Waals surface area contributed by atoms with Crippen molar-refractivity contribution in [3.63, 3.8) is 0 Å². The van der Waals surface area contributed by atoms with Crippen LogP contribution in [0, 0.1) is 5.41 Å². The first-order valence-electron chi connectivity index (χ1n) is 6.11. The van der Waals surface area contributed by atoms with Crippen LogP contribution in [0.5, 0.6) is 0 Å². The summed E-state index contributed by atoms with van der Waals surface area (Å²) in [5.74, 6) is 0.870. The maximum atomic E-state index is 5.86. The molecule has 2 N–H and O–H groups in total. The van der Waals surface area contributed by atoms with Crippen molar-refractivity contribution in [1.82, 2.24) is 0 Å². The van der Waals surface area contributed by atoms with Crippen molar-refractivity contribution in [2.45, 2.75) is 38.0 Å². The topological polar surface area (TPSA) is 26.0 Å². The van der Waals surface area contributed by atoms with Gasteiger partial charge in [-0.05, 0) is 61.1 Å². The molecule has 2 fully saturated rings. The number of rotatable bonds is 4. The quantitative estimate of drug-likeness (QED) is 0.796. The van der Waals surface area contributed by atoms with Crippen LogP contribution < -0.4 is 5.73 Å². The minimum Gasteiger partial charge on any atom is -0.330 e. The molecule has 0 aliphatic heterocycles. The summed E-state index contributed by atoms with van der Waals surface area (Å²) in [6.07, 6.45) is 6.68. The van der Waals surface area contributed by atoms with Crippen LogP contribution in [0.25, 0.3) is 0 Å². The van der Waals surface area contributed by atoms with E-state index >= 15 is 0 Å². The molecule has 2 saturated carbocycles. The molecule has 0 saturated heterocycles. The Kier molecular flexibility index (Phi) is 2.10. The molecule has 3 rings (SSSR count). The van der Waals surface area contributed by atoms with Gasteiger partial charge in [0, 0.05) is 0 Å². The first-order chi connectivity index (χ1) is 7.33. The number of benzene rings is 1. The van der Waals surface area contributed by atoms with Crippen molar-refractivity contribution in [3.05, 3.63) is 35.4 Å². The largest absolute Gasteiger partial charge is 0.330 e. The Labute approximate surface area is 91.7 Å². The molecule has 2 aliphatic rings. The van der Waals surface area contributed by atoms with E-state index in [1.807, 2.05) is 0 Å². The van der Waals surface area contributed by atoms with Gasteiger partial charge in [-0.25, -0.2) is 0 Å². The zero-order chi connectivity index (χ0) is 10.3. The minimum atomic E-state index is 0.477. The number of nitrogens with two attached hydrogens (primary N) is 1. The fraction of sp³-hybridized carbons (Fsp3) is 0.571. The lowest BCUT2D eigenvalue weighted by atomic mass is 9.91. The summed E-state index contributed by atoms with van der Waals surface area (Å²) < 4.78 is 0. The Morgan fingerprint density at radius 1 is 1.20 bits per heavy atom. The SMILES string of the molecule is NCC1(Cc2ccccc2C2CC2)CC1. The Balaban J connectivity index is 1.84. The van der Waals surface area contributed by atoms with Crippen LogP contribution in [0.4, 0.5) is 0 Å². The third-order valence-corrected chi connectivity index (χ3v) is 4.03. The molecule has 0 spiro atoms. The maximum Gasteiger partial charge on any atom is -0.00173 e. The van der Waals surface area contributed by atoms with Crippen molar-refractivity contribution in [2.24, 2.45) is 11.1 Å². The van der Waals surface area contributed by atoms with E-state index in [1.54, 1.807) is 11.1 Å². The standard InChI is InChI=1S/C14H19N/c15-10-14(7-8-14)9-12-3-1-2-4-13(12)11-5-6-11/h1-4,11H,5-10,15H2. The average Bonchev–Trinajstić information content (AvgIpc) is 3.14. The summed E-state index contributed by atoms with van der Waals surface area (Å²) in [7, 11) is 0. The van der Waals surface area contributed by atoms with Crippen molar-refractivity contribution in [1.29, 1.82) is 0 Å². The molecule has 15 heavy (non-hydrogen) atoms. The van der Waals surface area contributed by atoms with E-state index in [2.05, 4.69) is 24.3 Å². The first kappa shape index (κ1) is 9.41. The third-order valence-electron chi connectivity index (χ3n) is 4.03. The lowest BCUT2D eigenvalue weighted by molar-refractivity contribution is 0.519. The lowest BCUT2D eigenvalue weighted by Crippen LogP contribution is -2.18. The van der Waals surface area contributed by atoms with Gasteiger partial charge >= 0.3 is 0 Å². The summed E-state index contributed by atoms with van der Waals surface area (Å²) in [6.45, 7) is 0.867. The highest BCUT2D eigenvalue weighted by molar-refractivity contribution is 5.34. The summed E-state index contributed by atoms with van der Waals surface area (Å²) in [5.41, 5.74) is 9.52. The molecule has 0 atom stereocenters. The predicted octanol–water partition coefficient (Wildman–Crippen LogP) is 2.85. The van der Waals surface area contributed by atoms with E-state index in [9.17, 15) is 0 Å². The summed E-state index contributed by atoms with van der Waals surface area (Å²) in [5, 5.41) is 0. The molecule has 1 heteroatoms. The molecule has 80 valence electrons. The van der Waals surface area contributed by atoms with Gasteiger partial charge in [0.15, 0.2) is 0 Å². The highest BCUT2D eigenvalue weighted by Crippen LogP contribution is 2.49. The molecule has 1 aromatic rings. The molecule has 0 radical (unpaired) electrons. The zero-order valence-electron chi connectivity index (χ0n) is 9.21. The van der Waals surface area contributed by atoms with E-state index in [0.717, 1.165) is 12.5 Å². The van der Waals surface area contributed by atoms with Crippen LogP contribution in [0.15, 0.2) is 24.3 Å². The van der Waals surface area contributed by atoms with Gasteiger partial charge in [0.05, 0.1) is 0 Å². The molecule has 0 bridgehead atoms. The van der Waals surface area contributed by atoms with E-state index in [-0.39, 0.29) is 0 Å². The van der Waals surface area contributed by atoms with Crippen LogP contribution in [-0.2, 0) is 6.42 Å². The van der Waals surface area contributed by atoms with Gasteiger partial charge < -0.3 is 5.73 Å². The maximum absolute atomic E-state index is 5.86. The monoisotopic (exact) mass is 201 g/mol. The molecular weight excluding hydrogens is 182 g/mol. The Morgan fingerprint density at radius 3 is 2.53 bits per heavy atom. The molecule has 1 aromatic carbocycles. The smallest absolute Gasteiger partial charge is 0.00173 e. The van der Waals surface area contributed by atoms with Gasteiger partial charge in [-0.15, -0.1) is 0 Å². The predicted molar refractivity (Wildman–Crippen MR) is 62.8 cm³/mol. The highest BCUT2D eigenvalue weighted by Gasteiger charge is 2.41. The van der Waals surface area contributed by atoms with E-state index < -0.39 is 0 Å². The molecule has 1 nitrogen and oxygen atoms in total. The second-order valence-electron chi connectivity index (χ2n) is 5.35. The van der Waals surface area contributed by atoms with Crippen LogP contribution in [0.2, 0.25) is 0 Å². The summed E-state index contributed by atoms with van der Waals surface area (Å²) in [4.78, 5) is 0. The first-order valence-corrected chi connectivity index (χ1v) is 6.11. The van der Waals surface area contributed by atoms with E-state index in [4.69, 9.17) is 5.73 Å². The van der Waals surface area contributed by atoms with Gasteiger partial charge in [0.2, 0.25) is 0 Å². The fourth-order valence-electron chi connectivity index (χ4n) is 2.52. The highest BCUT2D eigenvalue weighted by atomic mass is 14.6. The fourth-order valence-corrected chi connectivity index (χ4v) is 2.52. The van der Waals surface area contributed by atoms with Gasteiger partial charge in [0.1, 0.15) is 0 Å². The summed E-state index contributed by atoms with van der Waals surface area (Å²) >= 11 is 0. The van der Waals surface area contributed by atoms with Crippen LogP contribution in [0.1, 0.15) is 42.7 Å². The number of hydrogen-bond donors (Lipinski definition) is 1. The van der Waals surface area contributed by atoms with Crippen molar-refractivity contribution in [2.75, 3.05) is 6.54 Å². The van der Waals surface area contributed by atoms with Gasteiger partial charge in [-0.2, -0.15) is 0 Å². The average molecular weight is 201 g/mol. The molecule has 2 aliphatic carbocycles. The van der Waals surface area contributed by atoms with Gasteiger partial charge in [-0.1, -0.05) is 24.3 Å². The third kappa shape index (κ3) is 1.81. The Bertz CT molecular complexity index is 361. The van der Waals surface area contributed by atoms with Gasteiger partial charge in [-0.3, -0.25) is 0 Å². The Morgan fingerprint density at radius 2 is 1.93 bits per heavy atom. The molecule has 0 heterocycles. The molecule has 0 aromatic heterocycles. The van der Waals surface area contributed by atoms with E-state index in [0.29, 0.717) is 5.41 Å². The van der Waals surface area contributed by atoms with Crippen LogP contribution >= 0.6 is 0 Å². The van der Waals surface area contributed by atoms with Crippen molar-refractivity contribution < 1.29 is 0 Å². The number of hydrogen-bond acceptors (Lipinski definition) is 1. The Hall–Kier alpha value is -0.820. The van der Waals surface area contributed by atoms with Crippen molar-refractivity contribution in [3.8, 4) is 0 Å². The van der Waals surface area contributed by atoms with Crippen LogP contribution in [-0.4, -0.2) is 6.54 Å². The second kappa shape index (κ2) is 3.34. The molecular formula is C14H19N.